The van der Waals surface area contributed by atoms with E-state index in [1.165, 1.54) is 0 Å². The maximum Gasteiger partial charge on any atom is 0.228 e. The van der Waals surface area contributed by atoms with Crippen LogP contribution in [0.5, 0.6) is 0 Å². The summed E-state index contributed by atoms with van der Waals surface area (Å²) in [6.07, 6.45) is 0.762. The van der Waals surface area contributed by atoms with Crippen molar-refractivity contribution >= 4 is 5.91 Å². The fourth-order valence-corrected chi connectivity index (χ4v) is 1.91. The molecule has 0 aromatic carbocycles. The summed E-state index contributed by atoms with van der Waals surface area (Å²) in [5, 5.41) is 0. The van der Waals surface area contributed by atoms with Gasteiger partial charge >= 0.3 is 0 Å². The number of piperazine rings is 1. The molecule has 1 saturated heterocycles. The molecule has 2 N–H and O–H groups in total. The van der Waals surface area contributed by atoms with Crippen LogP contribution >= 0.6 is 0 Å². The summed E-state index contributed by atoms with van der Waals surface area (Å²) in [6.45, 7) is 8.20. The molecule has 1 amide bonds. The van der Waals surface area contributed by atoms with Gasteiger partial charge < -0.3 is 15.5 Å². The van der Waals surface area contributed by atoms with Crippen LogP contribution in [0.2, 0.25) is 0 Å². The van der Waals surface area contributed by atoms with E-state index in [1.54, 1.807) is 0 Å². The first-order valence-corrected chi connectivity index (χ1v) is 5.65. The Morgan fingerprint density at radius 1 is 1.27 bits per heavy atom. The lowest BCUT2D eigenvalue weighted by Gasteiger charge is -2.37. The maximum atomic E-state index is 12.2. The van der Waals surface area contributed by atoms with E-state index >= 15 is 0 Å². The molecule has 0 aromatic rings. The Bertz CT molecular complexity index is 220. The number of likely N-dealkylation sites (N-methyl/N-ethyl adjacent to an activating group) is 1. The van der Waals surface area contributed by atoms with Gasteiger partial charge in [-0.15, -0.1) is 0 Å². The second kappa shape index (κ2) is 4.94. The largest absolute Gasteiger partial charge is 0.340 e. The van der Waals surface area contributed by atoms with E-state index in [9.17, 15) is 4.79 Å². The van der Waals surface area contributed by atoms with E-state index in [-0.39, 0.29) is 11.3 Å². The highest BCUT2D eigenvalue weighted by atomic mass is 16.2. The van der Waals surface area contributed by atoms with E-state index < -0.39 is 0 Å². The number of nitrogens with zero attached hydrogens (tertiary/aromatic N) is 2. The lowest BCUT2D eigenvalue weighted by atomic mass is 9.87. The quantitative estimate of drug-likeness (QED) is 0.725. The second-order valence-electron chi connectivity index (χ2n) is 5.02. The molecule has 1 heterocycles. The van der Waals surface area contributed by atoms with Crippen molar-refractivity contribution in [1.82, 2.24) is 9.80 Å². The van der Waals surface area contributed by atoms with Crippen molar-refractivity contribution in [1.29, 1.82) is 0 Å². The minimum atomic E-state index is -0.301. The van der Waals surface area contributed by atoms with Crippen LogP contribution in [-0.4, -0.2) is 55.5 Å². The summed E-state index contributed by atoms with van der Waals surface area (Å²) >= 11 is 0. The number of carbonyl (C=O) groups excluding carboxylic acids is 1. The summed E-state index contributed by atoms with van der Waals surface area (Å²) in [5.74, 6) is 0.251. The van der Waals surface area contributed by atoms with Crippen LogP contribution in [-0.2, 0) is 4.79 Å². The van der Waals surface area contributed by atoms with Crippen LogP contribution in [0.1, 0.15) is 20.3 Å². The summed E-state index contributed by atoms with van der Waals surface area (Å²) in [7, 11) is 2.09. The summed E-state index contributed by atoms with van der Waals surface area (Å²) in [5.41, 5.74) is 5.22. The smallest absolute Gasteiger partial charge is 0.228 e. The summed E-state index contributed by atoms with van der Waals surface area (Å²) < 4.78 is 0. The highest BCUT2D eigenvalue weighted by Gasteiger charge is 2.32. The molecule has 0 aliphatic carbocycles. The molecular formula is C11H23N3O. The molecule has 1 rings (SSSR count). The highest BCUT2D eigenvalue weighted by molar-refractivity contribution is 5.82. The zero-order valence-corrected chi connectivity index (χ0v) is 10.1. The van der Waals surface area contributed by atoms with Crippen molar-refractivity contribution < 1.29 is 4.79 Å². The number of hydrogen-bond acceptors (Lipinski definition) is 3. The van der Waals surface area contributed by atoms with Crippen molar-refractivity contribution in [2.24, 2.45) is 11.1 Å². The first-order chi connectivity index (χ1) is 6.97. The third kappa shape index (κ3) is 3.18. The molecule has 4 heteroatoms. The number of hydrogen-bond donors (Lipinski definition) is 1. The molecule has 0 unspecified atom stereocenters. The summed E-state index contributed by atoms with van der Waals surface area (Å²) in [6, 6.07) is 0. The molecule has 0 radical (unpaired) electrons. The van der Waals surface area contributed by atoms with Gasteiger partial charge in [0.1, 0.15) is 0 Å². The average Bonchev–Trinajstić information content (AvgIpc) is 2.18. The van der Waals surface area contributed by atoms with Crippen molar-refractivity contribution in [2.75, 3.05) is 39.8 Å². The number of carbonyl (C=O) groups is 1. The van der Waals surface area contributed by atoms with Gasteiger partial charge in [-0.1, -0.05) is 13.8 Å². The number of amides is 1. The topological polar surface area (TPSA) is 49.6 Å². The molecule has 1 aliphatic heterocycles. The molecule has 1 fully saturated rings. The van der Waals surface area contributed by atoms with Gasteiger partial charge in [0.05, 0.1) is 0 Å². The summed E-state index contributed by atoms with van der Waals surface area (Å²) in [4.78, 5) is 16.4. The monoisotopic (exact) mass is 213 g/mol. The van der Waals surface area contributed by atoms with Crippen molar-refractivity contribution in [3.63, 3.8) is 0 Å². The Labute approximate surface area is 92.4 Å². The Morgan fingerprint density at radius 3 is 2.27 bits per heavy atom. The van der Waals surface area contributed by atoms with Crippen molar-refractivity contribution in [3.05, 3.63) is 0 Å². The van der Waals surface area contributed by atoms with Gasteiger partial charge in [-0.05, 0) is 20.0 Å². The van der Waals surface area contributed by atoms with Gasteiger partial charge in [-0.2, -0.15) is 0 Å². The number of rotatable bonds is 3. The Kier molecular flexibility index (Phi) is 4.11. The van der Waals surface area contributed by atoms with Gasteiger partial charge in [0.25, 0.3) is 0 Å². The Balaban J connectivity index is 2.53. The van der Waals surface area contributed by atoms with Gasteiger partial charge in [0.15, 0.2) is 0 Å². The Hall–Kier alpha value is -0.610. The standard InChI is InChI=1S/C11H23N3O/c1-11(2,4-5-12)10(15)14-8-6-13(3)7-9-14/h4-9,12H2,1-3H3. The lowest BCUT2D eigenvalue weighted by Crippen LogP contribution is -2.51. The van der Waals surface area contributed by atoms with Crippen molar-refractivity contribution in [3.8, 4) is 0 Å². The molecule has 88 valence electrons. The van der Waals surface area contributed by atoms with E-state index in [4.69, 9.17) is 5.73 Å². The van der Waals surface area contributed by atoms with E-state index in [1.807, 2.05) is 18.7 Å². The molecule has 15 heavy (non-hydrogen) atoms. The van der Waals surface area contributed by atoms with E-state index in [0.29, 0.717) is 6.54 Å². The normalized spacial score (nSPS) is 19.3. The molecular weight excluding hydrogens is 190 g/mol. The lowest BCUT2D eigenvalue weighted by molar-refractivity contribution is -0.142. The third-order valence-corrected chi connectivity index (χ3v) is 3.14. The number of nitrogens with two attached hydrogens (primary N) is 1. The van der Waals surface area contributed by atoms with Gasteiger partial charge in [0.2, 0.25) is 5.91 Å². The molecule has 0 saturated carbocycles. The molecule has 0 spiro atoms. The first kappa shape index (κ1) is 12.5. The molecule has 1 aliphatic rings. The maximum absolute atomic E-state index is 12.2. The van der Waals surface area contributed by atoms with Crippen LogP contribution in [0.4, 0.5) is 0 Å². The van der Waals surface area contributed by atoms with Gasteiger partial charge in [-0.3, -0.25) is 4.79 Å². The second-order valence-corrected chi connectivity index (χ2v) is 5.02. The van der Waals surface area contributed by atoms with Crippen LogP contribution in [0.25, 0.3) is 0 Å². The van der Waals surface area contributed by atoms with Crippen LogP contribution < -0.4 is 5.73 Å². The highest BCUT2D eigenvalue weighted by Crippen LogP contribution is 2.23. The van der Waals surface area contributed by atoms with E-state index in [0.717, 1.165) is 32.6 Å². The van der Waals surface area contributed by atoms with Crippen molar-refractivity contribution in [2.45, 2.75) is 20.3 Å². The minimum absolute atomic E-state index is 0.251. The van der Waals surface area contributed by atoms with Crippen LogP contribution in [0, 0.1) is 5.41 Å². The van der Waals surface area contributed by atoms with Crippen LogP contribution in [0.15, 0.2) is 0 Å². The van der Waals surface area contributed by atoms with Gasteiger partial charge in [-0.25, -0.2) is 0 Å². The zero-order valence-electron chi connectivity index (χ0n) is 10.1. The van der Waals surface area contributed by atoms with E-state index in [2.05, 4.69) is 11.9 Å². The molecule has 0 atom stereocenters. The molecule has 4 nitrogen and oxygen atoms in total. The average molecular weight is 213 g/mol. The zero-order chi connectivity index (χ0) is 11.5. The molecule has 0 bridgehead atoms. The predicted molar refractivity (Wildman–Crippen MR) is 61.5 cm³/mol. The SMILES string of the molecule is CN1CCN(C(=O)C(C)(C)CCN)CC1. The fourth-order valence-electron chi connectivity index (χ4n) is 1.91. The Morgan fingerprint density at radius 2 is 1.80 bits per heavy atom. The van der Waals surface area contributed by atoms with Crippen LogP contribution in [0.3, 0.4) is 0 Å². The third-order valence-electron chi connectivity index (χ3n) is 3.14. The fraction of sp³-hybridized carbons (Fsp3) is 0.909. The first-order valence-electron chi connectivity index (χ1n) is 5.65. The molecule has 0 aromatic heterocycles. The van der Waals surface area contributed by atoms with Gasteiger partial charge in [0, 0.05) is 31.6 Å². The predicted octanol–water partition coefficient (Wildman–Crippen LogP) is 0.135. The minimum Gasteiger partial charge on any atom is -0.340 e.